The molecule has 0 aromatic heterocycles. The van der Waals surface area contributed by atoms with Gasteiger partial charge in [-0.25, -0.2) is 4.79 Å². The summed E-state index contributed by atoms with van der Waals surface area (Å²) in [6.45, 7) is 4.18. The van der Waals surface area contributed by atoms with Gasteiger partial charge in [0.1, 0.15) is 28.9 Å². The Bertz CT molecular complexity index is 791. The second-order valence-electron chi connectivity index (χ2n) is 7.32. The number of likely N-dealkylation sites (tertiary alicyclic amines) is 1. The fourth-order valence-corrected chi connectivity index (χ4v) is 3.47. The van der Waals surface area contributed by atoms with Crippen molar-refractivity contribution in [2.24, 2.45) is 5.92 Å². The number of Topliss-reactive ketones (excluding diaryl/α,β-unsaturated/α-hetero) is 1. The number of carbonyl (C=O) groups is 3. The molecule has 0 bridgehead atoms. The minimum atomic E-state index is -1.19. The van der Waals surface area contributed by atoms with Crippen LogP contribution >= 0.6 is 0 Å². The van der Waals surface area contributed by atoms with Crippen molar-refractivity contribution in [3.63, 3.8) is 0 Å². The number of carboxylic acids is 1. The number of ether oxygens (including phenoxy) is 1. The molecule has 1 fully saturated rings. The van der Waals surface area contributed by atoms with E-state index < -0.39 is 13.1 Å². The minimum absolute atomic E-state index is 0.0523. The zero-order chi connectivity index (χ0) is 20.4. The molecule has 2 aliphatic heterocycles. The smallest absolute Gasteiger partial charge is 0.522 e. The van der Waals surface area contributed by atoms with Crippen LogP contribution in [0.4, 0.5) is 0 Å². The van der Waals surface area contributed by atoms with Crippen molar-refractivity contribution in [3.05, 3.63) is 23.3 Å². The number of rotatable bonds is 7. The van der Waals surface area contributed by atoms with Gasteiger partial charge < -0.3 is 24.4 Å². The zero-order valence-electron chi connectivity index (χ0n) is 16.0. The molecule has 1 aromatic rings. The van der Waals surface area contributed by atoms with Crippen LogP contribution in [0.15, 0.2) is 12.1 Å². The number of fused-ring (bicyclic) bond motifs is 1. The normalized spacial score (nSPS) is 17.2. The third kappa shape index (κ3) is 4.14. The van der Waals surface area contributed by atoms with Crippen molar-refractivity contribution in [2.75, 3.05) is 13.1 Å². The van der Waals surface area contributed by atoms with E-state index in [-0.39, 0.29) is 47.2 Å². The molecule has 1 aromatic carbocycles. The van der Waals surface area contributed by atoms with Crippen LogP contribution in [0.2, 0.25) is 6.32 Å². The summed E-state index contributed by atoms with van der Waals surface area (Å²) in [7, 11) is -1.04. The quantitative estimate of drug-likeness (QED) is 0.678. The molecule has 3 rings (SSSR count). The van der Waals surface area contributed by atoms with Gasteiger partial charge in [-0.15, -0.1) is 0 Å². The van der Waals surface area contributed by atoms with Crippen molar-refractivity contribution >= 4 is 24.8 Å². The average molecular weight is 389 g/mol. The Hall–Kier alpha value is -2.55. The summed E-state index contributed by atoms with van der Waals surface area (Å²) in [6.07, 6.45) is 1.24. The number of aromatic carboxylic acids is 1. The Kier molecular flexibility index (Phi) is 5.93. The number of hydrogen-bond acceptors (Lipinski definition) is 6. The third-order valence-electron chi connectivity index (χ3n) is 5.13. The van der Waals surface area contributed by atoms with Crippen LogP contribution in [0, 0.1) is 5.92 Å². The summed E-state index contributed by atoms with van der Waals surface area (Å²) < 4.78 is 11.1. The lowest BCUT2D eigenvalue weighted by Crippen LogP contribution is -2.57. The maximum absolute atomic E-state index is 12.4. The number of amides is 1. The Balaban J connectivity index is 1.65. The molecule has 28 heavy (non-hydrogen) atoms. The van der Waals surface area contributed by atoms with Crippen molar-refractivity contribution in [1.29, 1.82) is 0 Å². The third-order valence-corrected chi connectivity index (χ3v) is 5.13. The van der Waals surface area contributed by atoms with Crippen molar-refractivity contribution in [1.82, 2.24) is 4.90 Å². The molecule has 0 unspecified atom stereocenters. The van der Waals surface area contributed by atoms with Gasteiger partial charge in [-0.05, 0) is 24.4 Å². The molecule has 1 amide bonds. The molecule has 0 spiro atoms. The number of aryl methyl sites for hydroxylation is 1. The lowest BCUT2D eigenvalue weighted by atomic mass is 9.78. The standard InChI is InChI=1S/C19H24BNO7/c1-3-13(22)8-11(2)18(23)21-9-14(10-21)27-15-5-4-12-6-7-20(26)28-17(12)16(15)19(24)25/h4-5,11,14,26H,3,6-10H2,1-2H3,(H,24,25)/t11-/m0/s1. The van der Waals surface area contributed by atoms with Crippen LogP contribution in [0.1, 0.15) is 42.6 Å². The fraction of sp³-hybridized carbons (Fsp3) is 0.526. The predicted molar refractivity (Wildman–Crippen MR) is 101 cm³/mol. The summed E-state index contributed by atoms with van der Waals surface area (Å²) >= 11 is 0. The highest BCUT2D eigenvalue weighted by molar-refractivity contribution is 6.44. The predicted octanol–water partition coefficient (Wildman–Crippen LogP) is 1.40. The molecule has 0 radical (unpaired) electrons. The van der Waals surface area contributed by atoms with Crippen LogP contribution in [-0.2, 0) is 16.0 Å². The number of carbonyl (C=O) groups excluding carboxylic acids is 2. The second-order valence-corrected chi connectivity index (χ2v) is 7.32. The second kappa shape index (κ2) is 8.22. The largest absolute Gasteiger partial charge is 0.535 e. The zero-order valence-corrected chi connectivity index (χ0v) is 16.0. The van der Waals surface area contributed by atoms with Gasteiger partial charge in [-0.3, -0.25) is 9.59 Å². The van der Waals surface area contributed by atoms with E-state index in [1.165, 1.54) is 0 Å². The molecule has 9 heteroatoms. The van der Waals surface area contributed by atoms with Crippen LogP contribution in [0.5, 0.6) is 11.5 Å². The highest BCUT2D eigenvalue weighted by atomic mass is 16.5. The molecule has 2 aliphatic rings. The summed E-state index contributed by atoms with van der Waals surface area (Å²) in [5.41, 5.74) is 0.609. The molecule has 1 atom stereocenters. The van der Waals surface area contributed by atoms with E-state index in [0.717, 1.165) is 5.56 Å². The van der Waals surface area contributed by atoms with Gasteiger partial charge >= 0.3 is 13.1 Å². The molecule has 0 saturated carbocycles. The summed E-state index contributed by atoms with van der Waals surface area (Å²) in [5.74, 6) is -1.32. The van der Waals surface area contributed by atoms with E-state index in [1.54, 1.807) is 30.9 Å². The van der Waals surface area contributed by atoms with Crippen LogP contribution < -0.4 is 9.39 Å². The lowest BCUT2D eigenvalue weighted by Gasteiger charge is -2.40. The SMILES string of the molecule is CCC(=O)C[C@H](C)C(=O)N1CC(Oc2ccc3c(c2C(=O)O)OB(O)CC3)C1. The Morgan fingerprint density at radius 1 is 1.36 bits per heavy atom. The molecule has 150 valence electrons. The number of benzene rings is 1. The maximum atomic E-state index is 12.4. The first kappa shape index (κ1) is 20.2. The molecular formula is C19H24BNO7. The summed E-state index contributed by atoms with van der Waals surface area (Å²) in [4.78, 5) is 37.2. The molecule has 8 nitrogen and oxygen atoms in total. The van der Waals surface area contributed by atoms with Crippen molar-refractivity contribution in [2.45, 2.75) is 45.5 Å². The molecule has 1 saturated heterocycles. The van der Waals surface area contributed by atoms with Gasteiger partial charge in [0.25, 0.3) is 0 Å². The summed E-state index contributed by atoms with van der Waals surface area (Å²) in [5, 5.41) is 19.3. The molecule has 2 N–H and O–H groups in total. The first-order valence-corrected chi connectivity index (χ1v) is 9.51. The van der Waals surface area contributed by atoms with E-state index in [9.17, 15) is 24.5 Å². The van der Waals surface area contributed by atoms with Gasteiger partial charge in [-0.1, -0.05) is 19.9 Å². The molecule has 2 heterocycles. The van der Waals surface area contributed by atoms with Gasteiger partial charge in [-0.2, -0.15) is 0 Å². The van der Waals surface area contributed by atoms with Gasteiger partial charge in [0.15, 0.2) is 0 Å². The van der Waals surface area contributed by atoms with E-state index in [4.69, 9.17) is 9.39 Å². The number of hydrogen-bond donors (Lipinski definition) is 2. The van der Waals surface area contributed by atoms with Crippen LogP contribution in [0.25, 0.3) is 0 Å². The Morgan fingerprint density at radius 2 is 2.07 bits per heavy atom. The number of nitrogens with zero attached hydrogens (tertiary/aromatic N) is 1. The maximum Gasteiger partial charge on any atom is 0.522 e. The number of ketones is 1. The van der Waals surface area contributed by atoms with E-state index in [2.05, 4.69) is 0 Å². The highest BCUT2D eigenvalue weighted by Crippen LogP contribution is 2.37. The van der Waals surface area contributed by atoms with Crippen LogP contribution in [0.3, 0.4) is 0 Å². The van der Waals surface area contributed by atoms with Gasteiger partial charge in [0.2, 0.25) is 5.91 Å². The molecular weight excluding hydrogens is 365 g/mol. The number of carboxylic acid groups (broad SMARTS) is 1. The van der Waals surface area contributed by atoms with Crippen LogP contribution in [-0.4, -0.2) is 59.0 Å². The first-order chi connectivity index (χ1) is 13.3. The van der Waals surface area contributed by atoms with E-state index in [0.29, 0.717) is 32.3 Å². The van der Waals surface area contributed by atoms with Crippen molar-refractivity contribution < 1.29 is 33.9 Å². The Labute approximate surface area is 163 Å². The van der Waals surface area contributed by atoms with E-state index >= 15 is 0 Å². The topological polar surface area (TPSA) is 113 Å². The minimum Gasteiger partial charge on any atom is -0.535 e. The fourth-order valence-electron chi connectivity index (χ4n) is 3.47. The average Bonchev–Trinajstić information content (AvgIpc) is 2.62. The molecule has 0 aliphatic carbocycles. The highest BCUT2D eigenvalue weighted by Gasteiger charge is 2.37. The van der Waals surface area contributed by atoms with Gasteiger partial charge in [0.05, 0.1) is 13.1 Å². The van der Waals surface area contributed by atoms with Gasteiger partial charge in [0, 0.05) is 18.8 Å². The summed E-state index contributed by atoms with van der Waals surface area (Å²) in [6, 6.07) is 3.33. The monoisotopic (exact) mass is 389 g/mol. The van der Waals surface area contributed by atoms with Crippen molar-refractivity contribution in [3.8, 4) is 11.5 Å². The first-order valence-electron chi connectivity index (χ1n) is 9.51. The Morgan fingerprint density at radius 3 is 2.71 bits per heavy atom. The van der Waals surface area contributed by atoms with E-state index in [1.807, 2.05) is 0 Å². The lowest BCUT2D eigenvalue weighted by molar-refractivity contribution is -0.145.